The van der Waals surface area contributed by atoms with Gasteiger partial charge in [0.1, 0.15) is 0 Å². The predicted molar refractivity (Wildman–Crippen MR) is 111 cm³/mol. The number of aromatic nitrogens is 1. The number of aliphatic imine (C=N–C) groups is 1. The summed E-state index contributed by atoms with van der Waals surface area (Å²) in [6, 6.07) is 14.8. The van der Waals surface area contributed by atoms with E-state index in [1.54, 1.807) is 11.8 Å². The fourth-order valence-corrected chi connectivity index (χ4v) is 3.98. The zero-order chi connectivity index (χ0) is 18.0. The number of rotatable bonds is 4. The number of pyridine rings is 1. The van der Waals surface area contributed by atoms with Gasteiger partial charge in [0.2, 0.25) is 0 Å². The Morgan fingerprint density at radius 3 is 2.44 bits per heavy atom. The van der Waals surface area contributed by atoms with Crippen molar-refractivity contribution in [2.24, 2.45) is 4.99 Å². The Hall–Kier alpha value is -2.13. The van der Waals surface area contributed by atoms with E-state index in [1.807, 2.05) is 0 Å². The van der Waals surface area contributed by atoms with Gasteiger partial charge in [0.05, 0.1) is 11.2 Å². The first-order chi connectivity index (χ1) is 12.0. The molecule has 128 valence electrons. The number of fused-ring (bicyclic) bond motifs is 1. The molecule has 3 rings (SSSR count). The third-order valence-electron chi connectivity index (χ3n) is 4.46. The molecule has 0 N–H and O–H groups in total. The minimum Gasteiger partial charge on any atom is -0.258 e. The Bertz CT molecular complexity index is 940. The van der Waals surface area contributed by atoms with E-state index in [4.69, 9.17) is 9.98 Å². The molecule has 3 aromatic rings. The van der Waals surface area contributed by atoms with Crippen molar-refractivity contribution in [2.45, 2.75) is 39.0 Å². The molecule has 0 fully saturated rings. The summed E-state index contributed by atoms with van der Waals surface area (Å²) in [5.74, 6) is 0. The van der Waals surface area contributed by atoms with Crippen molar-refractivity contribution < 1.29 is 0 Å². The van der Waals surface area contributed by atoms with E-state index in [1.165, 1.54) is 27.0 Å². The summed E-state index contributed by atoms with van der Waals surface area (Å²) in [6.45, 7) is 8.43. The summed E-state index contributed by atoms with van der Waals surface area (Å²) in [5.41, 5.74) is 8.11. The lowest BCUT2D eigenvalue weighted by molar-refractivity contribution is 1.09. The van der Waals surface area contributed by atoms with Crippen LogP contribution in [-0.4, -0.2) is 17.0 Å². The van der Waals surface area contributed by atoms with Gasteiger partial charge in [-0.25, -0.2) is 0 Å². The number of thioether (sulfide) groups is 1. The maximum absolute atomic E-state index is 4.89. The van der Waals surface area contributed by atoms with Crippen LogP contribution >= 0.6 is 11.8 Å². The molecule has 0 saturated carbocycles. The second-order valence-corrected chi connectivity index (χ2v) is 7.36. The fourth-order valence-electron chi connectivity index (χ4n) is 3.13. The van der Waals surface area contributed by atoms with Crippen molar-refractivity contribution >= 4 is 34.1 Å². The number of nitrogens with zero attached hydrogens (tertiary/aromatic N) is 2. The number of benzene rings is 2. The normalized spacial score (nSPS) is 12.0. The molecular weight excluding hydrogens is 324 g/mol. The van der Waals surface area contributed by atoms with E-state index < -0.39 is 0 Å². The van der Waals surface area contributed by atoms with Crippen LogP contribution in [0, 0.1) is 20.8 Å². The first-order valence-electron chi connectivity index (χ1n) is 8.53. The van der Waals surface area contributed by atoms with Crippen LogP contribution in [0.15, 0.2) is 52.4 Å². The standard InChI is InChI=1S/C22H24N2S/c1-14-9-11-18(12-10-14)23-16(3)13-20-17(4)24-21-15(2)7-6-8-19(21)22(20)25-5/h6-12H,13H2,1-5H3. The van der Waals surface area contributed by atoms with Gasteiger partial charge >= 0.3 is 0 Å². The van der Waals surface area contributed by atoms with E-state index in [-0.39, 0.29) is 0 Å². The minimum atomic E-state index is 0.826. The van der Waals surface area contributed by atoms with Gasteiger partial charge in [-0.2, -0.15) is 0 Å². The van der Waals surface area contributed by atoms with E-state index >= 15 is 0 Å². The molecule has 0 aliphatic carbocycles. The molecule has 25 heavy (non-hydrogen) atoms. The van der Waals surface area contributed by atoms with Gasteiger partial charge in [0, 0.05) is 28.1 Å². The van der Waals surface area contributed by atoms with E-state index in [2.05, 4.69) is 76.4 Å². The quantitative estimate of drug-likeness (QED) is 0.413. The summed E-state index contributed by atoms with van der Waals surface area (Å²) in [4.78, 5) is 11.0. The SMILES string of the molecule is CSc1c(CC(C)=Nc2ccc(C)cc2)c(C)nc2c(C)cccc12. The van der Waals surface area contributed by atoms with Crippen molar-refractivity contribution in [2.75, 3.05) is 6.26 Å². The molecule has 0 atom stereocenters. The van der Waals surface area contributed by atoms with Crippen molar-refractivity contribution in [3.05, 3.63) is 64.8 Å². The monoisotopic (exact) mass is 348 g/mol. The Balaban J connectivity index is 2.03. The Labute approximate surface area is 154 Å². The predicted octanol–water partition coefficient (Wildman–Crippen LogP) is 6.22. The van der Waals surface area contributed by atoms with Crippen LogP contribution in [0.4, 0.5) is 5.69 Å². The van der Waals surface area contributed by atoms with Crippen LogP contribution in [0.25, 0.3) is 10.9 Å². The summed E-state index contributed by atoms with van der Waals surface area (Å²) < 4.78 is 0. The summed E-state index contributed by atoms with van der Waals surface area (Å²) in [6.07, 6.45) is 2.97. The molecule has 1 heterocycles. The van der Waals surface area contributed by atoms with Gasteiger partial charge in [-0.3, -0.25) is 9.98 Å². The Kier molecular flexibility index (Phi) is 5.24. The molecule has 0 amide bonds. The number of aryl methyl sites for hydroxylation is 3. The molecule has 0 spiro atoms. The van der Waals surface area contributed by atoms with Gasteiger partial charge in [-0.05, 0) is 57.2 Å². The van der Waals surface area contributed by atoms with Crippen LogP contribution in [-0.2, 0) is 6.42 Å². The lowest BCUT2D eigenvalue weighted by Gasteiger charge is -2.15. The van der Waals surface area contributed by atoms with E-state index in [0.717, 1.165) is 29.0 Å². The van der Waals surface area contributed by atoms with Crippen LogP contribution in [0.2, 0.25) is 0 Å². The zero-order valence-electron chi connectivity index (χ0n) is 15.6. The van der Waals surface area contributed by atoms with E-state index in [0.29, 0.717) is 0 Å². The molecular formula is C22H24N2S. The molecule has 0 aliphatic heterocycles. The van der Waals surface area contributed by atoms with Gasteiger partial charge in [0.15, 0.2) is 0 Å². The largest absolute Gasteiger partial charge is 0.258 e. The molecule has 0 radical (unpaired) electrons. The Morgan fingerprint density at radius 2 is 1.76 bits per heavy atom. The lowest BCUT2D eigenvalue weighted by Crippen LogP contribution is -2.04. The first-order valence-corrected chi connectivity index (χ1v) is 9.75. The fraction of sp³-hybridized carbons (Fsp3) is 0.273. The number of hydrogen-bond donors (Lipinski definition) is 0. The molecule has 2 aromatic carbocycles. The van der Waals surface area contributed by atoms with Crippen molar-refractivity contribution in [3.63, 3.8) is 0 Å². The second kappa shape index (κ2) is 7.40. The van der Waals surface area contributed by atoms with E-state index in [9.17, 15) is 0 Å². The molecule has 0 saturated heterocycles. The molecule has 0 aliphatic rings. The maximum atomic E-state index is 4.89. The average molecular weight is 349 g/mol. The van der Waals surface area contributed by atoms with Crippen molar-refractivity contribution in [3.8, 4) is 0 Å². The van der Waals surface area contributed by atoms with Crippen molar-refractivity contribution in [1.82, 2.24) is 4.98 Å². The van der Waals surface area contributed by atoms with Crippen LogP contribution in [0.3, 0.4) is 0 Å². The van der Waals surface area contributed by atoms with Gasteiger partial charge < -0.3 is 0 Å². The van der Waals surface area contributed by atoms with Gasteiger partial charge in [-0.15, -0.1) is 11.8 Å². The van der Waals surface area contributed by atoms with Crippen molar-refractivity contribution in [1.29, 1.82) is 0 Å². The molecule has 2 nitrogen and oxygen atoms in total. The third kappa shape index (κ3) is 3.77. The summed E-state index contributed by atoms with van der Waals surface area (Å²) >= 11 is 1.80. The number of para-hydroxylation sites is 1. The van der Waals surface area contributed by atoms with Crippen LogP contribution in [0.1, 0.15) is 29.3 Å². The van der Waals surface area contributed by atoms with Gasteiger partial charge in [-0.1, -0.05) is 35.9 Å². The lowest BCUT2D eigenvalue weighted by atomic mass is 10.0. The molecule has 1 aromatic heterocycles. The highest BCUT2D eigenvalue weighted by atomic mass is 32.2. The average Bonchev–Trinajstić information content (AvgIpc) is 2.58. The topological polar surface area (TPSA) is 25.2 Å². The molecule has 0 bridgehead atoms. The third-order valence-corrected chi connectivity index (χ3v) is 5.34. The molecule has 0 unspecified atom stereocenters. The zero-order valence-corrected chi connectivity index (χ0v) is 16.4. The van der Waals surface area contributed by atoms with Crippen LogP contribution in [0.5, 0.6) is 0 Å². The number of hydrogen-bond acceptors (Lipinski definition) is 3. The minimum absolute atomic E-state index is 0.826. The Morgan fingerprint density at radius 1 is 1.04 bits per heavy atom. The smallest absolute Gasteiger partial charge is 0.0745 e. The highest BCUT2D eigenvalue weighted by Gasteiger charge is 2.14. The van der Waals surface area contributed by atoms with Gasteiger partial charge in [0.25, 0.3) is 0 Å². The molecule has 3 heteroatoms. The summed E-state index contributed by atoms with van der Waals surface area (Å²) in [7, 11) is 0. The first kappa shape index (κ1) is 17.7. The maximum Gasteiger partial charge on any atom is 0.0745 e. The van der Waals surface area contributed by atoms with Crippen LogP contribution < -0.4 is 0 Å². The highest BCUT2D eigenvalue weighted by molar-refractivity contribution is 7.98. The second-order valence-electron chi connectivity index (χ2n) is 6.54. The highest BCUT2D eigenvalue weighted by Crippen LogP contribution is 2.32. The summed E-state index contributed by atoms with van der Waals surface area (Å²) in [5, 5.41) is 1.25.